The van der Waals surface area contributed by atoms with Crippen LogP contribution in [0.3, 0.4) is 0 Å². The zero-order valence-corrected chi connectivity index (χ0v) is 12.5. The first-order valence-electron chi connectivity index (χ1n) is 8.36. The number of fused-ring (bicyclic) bond motifs is 1. The molecule has 2 unspecified atom stereocenters. The van der Waals surface area contributed by atoms with E-state index in [1.54, 1.807) is 0 Å². The van der Waals surface area contributed by atoms with E-state index in [0.717, 1.165) is 25.9 Å². The molecule has 4 rings (SSSR count). The smallest absolute Gasteiger partial charge is 0.228 e. The van der Waals surface area contributed by atoms with Crippen LogP contribution in [0.5, 0.6) is 0 Å². The van der Waals surface area contributed by atoms with E-state index < -0.39 is 0 Å². The third-order valence-electron chi connectivity index (χ3n) is 5.83. The molecule has 3 aliphatic rings. The molecule has 1 saturated heterocycles. The zero-order chi connectivity index (χ0) is 14.3. The van der Waals surface area contributed by atoms with Gasteiger partial charge in [-0.1, -0.05) is 43.2 Å². The van der Waals surface area contributed by atoms with Crippen molar-refractivity contribution < 1.29 is 4.79 Å². The van der Waals surface area contributed by atoms with E-state index in [1.165, 1.54) is 24.8 Å². The molecule has 0 spiro atoms. The van der Waals surface area contributed by atoms with E-state index in [-0.39, 0.29) is 5.41 Å². The van der Waals surface area contributed by atoms with Gasteiger partial charge in [0, 0.05) is 18.5 Å². The minimum atomic E-state index is -0.109. The van der Waals surface area contributed by atoms with Gasteiger partial charge in [0.2, 0.25) is 5.91 Å². The van der Waals surface area contributed by atoms with Gasteiger partial charge < -0.3 is 10.6 Å². The van der Waals surface area contributed by atoms with Crippen LogP contribution in [-0.2, 0) is 4.79 Å². The van der Waals surface area contributed by atoms with Crippen molar-refractivity contribution >= 4 is 5.91 Å². The van der Waals surface area contributed by atoms with Gasteiger partial charge in [0.25, 0.3) is 0 Å². The Balaban J connectivity index is 1.43. The van der Waals surface area contributed by atoms with E-state index in [9.17, 15) is 4.79 Å². The lowest BCUT2D eigenvalue weighted by atomic mass is 9.67. The summed E-state index contributed by atoms with van der Waals surface area (Å²) in [5.74, 6) is 1.41. The van der Waals surface area contributed by atoms with Gasteiger partial charge in [-0.05, 0) is 37.3 Å². The third-order valence-corrected chi connectivity index (χ3v) is 5.83. The molecule has 1 aliphatic heterocycles. The summed E-state index contributed by atoms with van der Waals surface area (Å²) in [6.45, 7) is 1.91. The second kappa shape index (κ2) is 5.13. The van der Waals surface area contributed by atoms with Crippen molar-refractivity contribution in [2.24, 2.45) is 11.3 Å². The molecule has 0 bridgehead atoms. The van der Waals surface area contributed by atoms with Crippen molar-refractivity contribution in [2.45, 2.75) is 44.1 Å². The number of nitrogens with one attached hydrogen (secondary N) is 2. The van der Waals surface area contributed by atoms with Crippen LogP contribution in [0.4, 0.5) is 0 Å². The Morgan fingerprint density at radius 3 is 2.95 bits per heavy atom. The number of carbonyl (C=O) groups is 1. The highest BCUT2D eigenvalue weighted by Crippen LogP contribution is 2.46. The van der Waals surface area contributed by atoms with Gasteiger partial charge in [-0.25, -0.2) is 0 Å². The fraction of sp³-hybridized carbons (Fsp3) is 0.611. The first-order chi connectivity index (χ1) is 10.3. The average Bonchev–Trinajstić information content (AvgIpc) is 3.14. The van der Waals surface area contributed by atoms with E-state index >= 15 is 0 Å². The van der Waals surface area contributed by atoms with Crippen LogP contribution in [-0.4, -0.2) is 25.0 Å². The number of benzene rings is 1. The molecule has 112 valence electrons. The summed E-state index contributed by atoms with van der Waals surface area (Å²) in [6.07, 6.45) is 5.88. The highest BCUT2D eigenvalue weighted by atomic mass is 16.2. The van der Waals surface area contributed by atoms with Crippen LogP contribution >= 0.6 is 0 Å². The molecular weight excluding hydrogens is 260 g/mol. The second-order valence-electron chi connectivity index (χ2n) is 7.06. The second-order valence-corrected chi connectivity index (χ2v) is 7.06. The summed E-state index contributed by atoms with van der Waals surface area (Å²) in [4.78, 5) is 12.9. The lowest BCUT2D eigenvalue weighted by Crippen LogP contribution is -2.48. The Hall–Kier alpha value is -1.35. The van der Waals surface area contributed by atoms with E-state index in [0.29, 0.717) is 23.8 Å². The van der Waals surface area contributed by atoms with Crippen molar-refractivity contribution in [3.05, 3.63) is 35.9 Å². The maximum Gasteiger partial charge on any atom is 0.228 e. The summed E-state index contributed by atoms with van der Waals surface area (Å²) in [7, 11) is 0. The summed E-state index contributed by atoms with van der Waals surface area (Å²) in [5.41, 5.74) is 1.26. The Bertz CT molecular complexity index is 529. The Morgan fingerprint density at radius 2 is 2.10 bits per heavy atom. The van der Waals surface area contributed by atoms with Crippen molar-refractivity contribution in [3.63, 3.8) is 0 Å². The molecule has 1 aromatic rings. The van der Waals surface area contributed by atoms with Crippen molar-refractivity contribution in [1.82, 2.24) is 10.6 Å². The predicted octanol–water partition coefficient (Wildman–Crippen LogP) is 2.44. The molecule has 21 heavy (non-hydrogen) atoms. The molecule has 2 saturated carbocycles. The van der Waals surface area contributed by atoms with Gasteiger partial charge in [0.1, 0.15) is 0 Å². The molecule has 2 N–H and O–H groups in total. The topological polar surface area (TPSA) is 41.1 Å². The Morgan fingerprint density at radius 1 is 1.24 bits per heavy atom. The number of rotatable bonds is 3. The Kier molecular flexibility index (Phi) is 3.26. The first kappa shape index (κ1) is 13.3. The molecule has 3 nitrogen and oxygen atoms in total. The fourth-order valence-electron chi connectivity index (χ4n) is 4.43. The van der Waals surface area contributed by atoms with Crippen LogP contribution in [0.2, 0.25) is 0 Å². The van der Waals surface area contributed by atoms with Crippen LogP contribution in [0.25, 0.3) is 0 Å². The quantitative estimate of drug-likeness (QED) is 0.895. The minimum absolute atomic E-state index is 0.109. The van der Waals surface area contributed by atoms with Gasteiger partial charge in [-0.2, -0.15) is 0 Å². The summed E-state index contributed by atoms with van der Waals surface area (Å²) >= 11 is 0. The highest BCUT2D eigenvalue weighted by Gasteiger charge is 2.52. The number of amides is 1. The summed E-state index contributed by atoms with van der Waals surface area (Å²) in [6, 6.07) is 10.9. The van der Waals surface area contributed by atoms with Gasteiger partial charge in [-0.15, -0.1) is 0 Å². The van der Waals surface area contributed by atoms with E-state index in [1.807, 2.05) is 0 Å². The standard InChI is InChI=1S/C18H24N2O/c21-17(18-9-5-4-8-14(18)11-19-12-18)20-16-10-15(16)13-6-2-1-3-7-13/h1-3,6-7,14-16,19H,4-5,8-12H2,(H,20,21)/t14-,15?,16?,18+/m0/s1. The molecule has 0 radical (unpaired) electrons. The number of hydrogen-bond acceptors (Lipinski definition) is 2. The number of carbonyl (C=O) groups excluding carboxylic acids is 1. The maximum atomic E-state index is 12.9. The molecular formula is C18H24N2O. The first-order valence-corrected chi connectivity index (χ1v) is 8.36. The molecule has 1 aromatic carbocycles. The van der Waals surface area contributed by atoms with Gasteiger partial charge in [-0.3, -0.25) is 4.79 Å². The summed E-state index contributed by atoms with van der Waals surface area (Å²) in [5, 5.41) is 6.82. The summed E-state index contributed by atoms with van der Waals surface area (Å²) < 4.78 is 0. The number of hydrogen-bond donors (Lipinski definition) is 2. The highest BCUT2D eigenvalue weighted by molar-refractivity contribution is 5.84. The molecule has 4 atom stereocenters. The maximum absolute atomic E-state index is 12.9. The molecule has 3 heteroatoms. The zero-order valence-electron chi connectivity index (χ0n) is 12.5. The molecule has 1 amide bonds. The van der Waals surface area contributed by atoms with Crippen LogP contribution < -0.4 is 10.6 Å². The largest absolute Gasteiger partial charge is 0.352 e. The van der Waals surface area contributed by atoms with Gasteiger partial charge >= 0.3 is 0 Å². The van der Waals surface area contributed by atoms with Gasteiger partial charge in [0.15, 0.2) is 0 Å². The fourth-order valence-corrected chi connectivity index (χ4v) is 4.43. The molecule has 0 aromatic heterocycles. The van der Waals surface area contributed by atoms with E-state index in [2.05, 4.69) is 41.0 Å². The SMILES string of the molecule is O=C(NC1CC1c1ccccc1)[C@@]12CCCC[C@H]1CNC2. The molecule has 2 aliphatic carbocycles. The predicted molar refractivity (Wildman–Crippen MR) is 83.0 cm³/mol. The van der Waals surface area contributed by atoms with Crippen LogP contribution in [0.15, 0.2) is 30.3 Å². The van der Waals surface area contributed by atoms with Crippen LogP contribution in [0, 0.1) is 11.3 Å². The monoisotopic (exact) mass is 284 g/mol. The van der Waals surface area contributed by atoms with Crippen molar-refractivity contribution in [2.75, 3.05) is 13.1 Å². The third kappa shape index (κ3) is 2.28. The molecule has 3 fully saturated rings. The Labute approximate surface area is 126 Å². The lowest BCUT2D eigenvalue weighted by molar-refractivity contribution is -0.134. The van der Waals surface area contributed by atoms with Crippen molar-refractivity contribution in [3.8, 4) is 0 Å². The van der Waals surface area contributed by atoms with Gasteiger partial charge in [0.05, 0.1) is 5.41 Å². The molecule has 1 heterocycles. The normalized spacial score (nSPS) is 37.8. The average molecular weight is 284 g/mol. The van der Waals surface area contributed by atoms with Crippen LogP contribution in [0.1, 0.15) is 43.6 Å². The minimum Gasteiger partial charge on any atom is -0.352 e. The lowest BCUT2D eigenvalue weighted by Gasteiger charge is -2.37. The van der Waals surface area contributed by atoms with Crippen molar-refractivity contribution in [1.29, 1.82) is 0 Å². The van der Waals surface area contributed by atoms with E-state index in [4.69, 9.17) is 0 Å².